The molecule has 0 bridgehead atoms. The van der Waals surface area contributed by atoms with Crippen molar-refractivity contribution in [2.45, 2.75) is 12.5 Å². The Kier molecular flexibility index (Phi) is 3.06. The Morgan fingerprint density at radius 1 is 1.50 bits per heavy atom. The first-order valence-corrected chi connectivity index (χ1v) is 4.55. The molecule has 16 heavy (non-hydrogen) atoms. The fourth-order valence-corrected chi connectivity index (χ4v) is 1.33. The van der Waals surface area contributed by atoms with Gasteiger partial charge < -0.3 is 26.8 Å². The number of carboxylic acids is 1. The maximum atomic E-state index is 10.7. The van der Waals surface area contributed by atoms with Crippen LogP contribution >= 0.6 is 0 Å². The van der Waals surface area contributed by atoms with Crippen LogP contribution in [0.3, 0.4) is 0 Å². The third kappa shape index (κ3) is 2.07. The summed E-state index contributed by atoms with van der Waals surface area (Å²) in [5.74, 6) is -1.53. The number of aliphatic hydroxyl groups is 1. The molecule has 0 amide bonds. The molecule has 1 unspecified atom stereocenters. The van der Waals surface area contributed by atoms with E-state index in [4.69, 9.17) is 21.7 Å². The number of carboxylic acid groups (broad SMARTS) is 1. The minimum atomic E-state index is -1.23. The first-order chi connectivity index (χ1) is 7.29. The van der Waals surface area contributed by atoms with E-state index in [-0.39, 0.29) is 22.6 Å². The van der Waals surface area contributed by atoms with Gasteiger partial charge in [0.05, 0.1) is 17.7 Å². The van der Waals surface area contributed by atoms with Crippen molar-refractivity contribution in [1.82, 2.24) is 0 Å². The fourth-order valence-electron chi connectivity index (χ4n) is 1.33. The summed E-state index contributed by atoms with van der Waals surface area (Å²) in [6, 6.07) is 2.28. The van der Waals surface area contributed by atoms with Crippen molar-refractivity contribution in [3.05, 3.63) is 23.3 Å². The van der Waals surface area contributed by atoms with Crippen LogP contribution in [0.2, 0.25) is 0 Å². The zero-order valence-corrected chi connectivity index (χ0v) is 8.77. The Balaban J connectivity index is 3.37. The van der Waals surface area contributed by atoms with Gasteiger partial charge in [-0.05, 0) is 19.1 Å². The van der Waals surface area contributed by atoms with E-state index in [2.05, 4.69) is 0 Å². The molecule has 6 nitrogen and oxygen atoms in total. The van der Waals surface area contributed by atoms with E-state index in [1.165, 1.54) is 13.0 Å². The van der Waals surface area contributed by atoms with E-state index in [1.54, 1.807) is 0 Å². The highest BCUT2D eigenvalue weighted by atomic mass is 16.4. The number of hydrogen-bond donors (Lipinski definition) is 5. The SMILES string of the molecule is CC(N)(CO)c1cc(N)c(C(=O)O)cc1O. The number of aromatic hydroxyl groups is 1. The van der Waals surface area contributed by atoms with Crippen LogP contribution in [0.1, 0.15) is 22.8 Å². The van der Waals surface area contributed by atoms with Gasteiger partial charge in [-0.1, -0.05) is 0 Å². The van der Waals surface area contributed by atoms with E-state index in [0.29, 0.717) is 0 Å². The number of phenolic OH excluding ortho intramolecular Hbond substituents is 1. The van der Waals surface area contributed by atoms with Gasteiger partial charge in [0.15, 0.2) is 0 Å². The van der Waals surface area contributed by atoms with Gasteiger partial charge in [0.1, 0.15) is 5.75 Å². The molecule has 0 heterocycles. The summed E-state index contributed by atoms with van der Waals surface area (Å²) in [5.41, 5.74) is 10.1. The molecule has 0 spiro atoms. The molecule has 1 rings (SSSR count). The number of aliphatic hydroxyl groups excluding tert-OH is 1. The summed E-state index contributed by atoms with van der Waals surface area (Å²) in [6.07, 6.45) is 0. The van der Waals surface area contributed by atoms with Crippen LogP contribution in [0.25, 0.3) is 0 Å². The summed E-state index contributed by atoms with van der Waals surface area (Å²) in [4.78, 5) is 10.7. The molecule has 88 valence electrons. The summed E-state index contributed by atoms with van der Waals surface area (Å²) >= 11 is 0. The molecule has 0 aliphatic rings. The lowest BCUT2D eigenvalue weighted by Gasteiger charge is -2.24. The van der Waals surface area contributed by atoms with E-state index in [1.807, 2.05) is 0 Å². The largest absolute Gasteiger partial charge is 0.508 e. The predicted octanol–water partition coefficient (Wildman–Crippen LogP) is -0.161. The number of nitrogen functional groups attached to an aromatic ring is 1. The molecule has 1 aromatic carbocycles. The molecule has 0 saturated carbocycles. The molecule has 0 aromatic heterocycles. The number of aromatic carboxylic acids is 1. The minimum Gasteiger partial charge on any atom is -0.508 e. The summed E-state index contributed by atoms with van der Waals surface area (Å²) in [5, 5.41) is 27.4. The average Bonchev–Trinajstić information content (AvgIpc) is 2.20. The van der Waals surface area contributed by atoms with Crippen molar-refractivity contribution in [1.29, 1.82) is 0 Å². The molecule has 7 N–H and O–H groups in total. The molecule has 0 saturated heterocycles. The zero-order chi connectivity index (χ0) is 12.5. The molecule has 0 aliphatic carbocycles. The Hall–Kier alpha value is -1.79. The van der Waals surface area contributed by atoms with Crippen molar-refractivity contribution >= 4 is 11.7 Å². The number of rotatable bonds is 3. The second kappa shape index (κ2) is 3.99. The lowest BCUT2D eigenvalue weighted by atomic mass is 9.91. The van der Waals surface area contributed by atoms with Crippen molar-refractivity contribution < 1.29 is 20.1 Å². The second-order valence-electron chi connectivity index (χ2n) is 3.84. The van der Waals surface area contributed by atoms with E-state index in [0.717, 1.165) is 6.07 Å². The zero-order valence-electron chi connectivity index (χ0n) is 8.77. The van der Waals surface area contributed by atoms with Gasteiger partial charge in [-0.15, -0.1) is 0 Å². The number of hydrogen-bond acceptors (Lipinski definition) is 5. The first-order valence-electron chi connectivity index (χ1n) is 4.55. The molecule has 0 fully saturated rings. The molecule has 6 heteroatoms. The van der Waals surface area contributed by atoms with Crippen LogP contribution in [0, 0.1) is 0 Å². The highest BCUT2D eigenvalue weighted by Gasteiger charge is 2.25. The van der Waals surface area contributed by atoms with Gasteiger partial charge in [-0.25, -0.2) is 4.79 Å². The second-order valence-corrected chi connectivity index (χ2v) is 3.84. The van der Waals surface area contributed by atoms with Gasteiger partial charge in [0.2, 0.25) is 0 Å². The number of anilines is 1. The smallest absolute Gasteiger partial charge is 0.337 e. The highest BCUT2D eigenvalue weighted by molar-refractivity contribution is 5.94. The summed E-state index contributed by atoms with van der Waals surface area (Å²) in [6.45, 7) is 1.11. The normalized spacial score (nSPS) is 14.4. The summed E-state index contributed by atoms with van der Waals surface area (Å²) < 4.78 is 0. The van der Waals surface area contributed by atoms with E-state index < -0.39 is 18.1 Å². The van der Waals surface area contributed by atoms with Crippen molar-refractivity contribution in [3.63, 3.8) is 0 Å². The maximum Gasteiger partial charge on any atom is 0.337 e. The van der Waals surface area contributed by atoms with Gasteiger partial charge in [0, 0.05) is 11.3 Å². The third-order valence-electron chi connectivity index (χ3n) is 2.34. The quantitative estimate of drug-likeness (QED) is 0.359. The third-order valence-corrected chi connectivity index (χ3v) is 2.34. The molecule has 1 aromatic rings. The number of carbonyl (C=O) groups is 1. The van der Waals surface area contributed by atoms with Gasteiger partial charge in [-0.2, -0.15) is 0 Å². The fraction of sp³-hybridized carbons (Fsp3) is 0.300. The van der Waals surface area contributed by atoms with Gasteiger partial charge in [0.25, 0.3) is 0 Å². The monoisotopic (exact) mass is 226 g/mol. The average molecular weight is 226 g/mol. The van der Waals surface area contributed by atoms with Gasteiger partial charge in [-0.3, -0.25) is 0 Å². The molecule has 0 radical (unpaired) electrons. The van der Waals surface area contributed by atoms with Crippen molar-refractivity contribution in [2.24, 2.45) is 5.73 Å². The Morgan fingerprint density at radius 3 is 2.50 bits per heavy atom. The van der Waals surface area contributed by atoms with Gasteiger partial charge >= 0.3 is 5.97 Å². The molecule has 0 aliphatic heterocycles. The van der Waals surface area contributed by atoms with Crippen LogP contribution in [0.15, 0.2) is 12.1 Å². The van der Waals surface area contributed by atoms with E-state index in [9.17, 15) is 9.90 Å². The van der Waals surface area contributed by atoms with Crippen LogP contribution < -0.4 is 11.5 Å². The van der Waals surface area contributed by atoms with Crippen molar-refractivity contribution in [3.8, 4) is 5.75 Å². The Bertz CT molecular complexity index is 429. The number of phenols is 1. The first kappa shape index (κ1) is 12.3. The van der Waals surface area contributed by atoms with E-state index >= 15 is 0 Å². The predicted molar refractivity (Wildman–Crippen MR) is 58.1 cm³/mol. The maximum absolute atomic E-state index is 10.7. The highest BCUT2D eigenvalue weighted by Crippen LogP contribution is 2.31. The topological polar surface area (TPSA) is 130 Å². The lowest BCUT2D eigenvalue weighted by Crippen LogP contribution is -2.37. The lowest BCUT2D eigenvalue weighted by molar-refractivity contribution is 0.0697. The molecular formula is C10H14N2O4. The number of benzene rings is 1. The van der Waals surface area contributed by atoms with Crippen LogP contribution in [-0.2, 0) is 5.54 Å². The standard InChI is InChI=1S/C10H14N2O4/c1-10(12,4-13)6-3-7(11)5(9(15)16)2-8(6)14/h2-3,13-14H,4,11-12H2,1H3,(H,15,16). The van der Waals surface area contributed by atoms with Crippen molar-refractivity contribution in [2.75, 3.05) is 12.3 Å². The van der Waals surface area contributed by atoms with Crippen LogP contribution in [0.5, 0.6) is 5.75 Å². The van der Waals surface area contributed by atoms with Crippen LogP contribution in [-0.4, -0.2) is 27.9 Å². The molecule has 1 atom stereocenters. The summed E-state index contributed by atoms with van der Waals surface area (Å²) in [7, 11) is 0. The molecular weight excluding hydrogens is 212 g/mol. The number of nitrogens with two attached hydrogens (primary N) is 2. The Labute approximate surface area is 92.1 Å². The van der Waals surface area contributed by atoms with Crippen LogP contribution in [0.4, 0.5) is 5.69 Å². The Morgan fingerprint density at radius 2 is 2.06 bits per heavy atom. The minimum absolute atomic E-state index is 0.00887.